The molecule has 0 aliphatic carbocycles. The van der Waals surface area contributed by atoms with Gasteiger partial charge in [0.25, 0.3) is 5.91 Å². The van der Waals surface area contributed by atoms with Crippen LogP contribution >= 0.6 is 0 Å². The lowest BCUT2D eigenvalue weighted by Crippen LogP contribution is -2.36. The molecule has 0 bridgehead atoms. The first-order valence-electron chi connectivity index (χ1n) is 11.1. The highest BCUT2D eigenvalue weighted by Crippen LogP contribution is 2.34. The van der Waals surface area contributed by atoms with Gasteiger partial charge in [0.15, 0.2) is 11.6 Å². The summed E-state index contributed by atoms with van der Waals surface area (Å²) in [6.07, 6.45) is 9.88. The predicted molar refractivity (Wildman–Crippen MR) is 124 cm³/mol. The predicted octanol–water partition coefficient (Wildman–Crippen LogP) is 3.87. The van der Waals surface area contributed by atoms with Gasteiger partial charge in [-0.3, -0.25) is 14.5 Å². The SMILES string of the molecule is C=C1CCCN(C(=O)c2cnc3c(c2)OCCN3C2=CC(=C)N(C(=O)C(C)C)C=C2)CC1. The summed E-state index contributed by atoms with van der Waals surface area (Å²) in [6.45, 7) is 14.3. The summed E-state index contributed by atoms with van der Waals surface area (Å²) in [5.74, 6) is 1.10. The van der Waals surface area contributed by atoms with Crippen molar-refractivity contribution >= 4 is 17.6 Å². The van der Waals surface area contributed by atoms with Crippen LogP contribution in [0.5, 0.6) is 5.75 Å². The molecule has 0 atom stereocenters. The number of fused-ring (bicyclic) bond motifs is 1. The number of amides is 2. The molecule has 0 N–H and O–H groups in total. The number of anilines is 1. The molecule has 168 valence electrons. The zero-order valence-electron chi connectivity index (χ0n) is 18.8. The Labute approximate surface area is 189 Å². The molecule has 1 saturated heterocycles. The third-order valence-electron chi connectivity index (χ3n) is 5.95. The van der Waals surface area contributed by atoms with Crippen LogP contribution in [0.4, 0.5) is 5.82 Å². The molecule has 4 heterocycles. The number of ether oxygens (including phenoxy) is 1. The van der Waals surface area contributed by atoms with Crippen molar-refractivity contribution in [3.8, 4) is 5.75 Å². The van der Waals surface area contributed by atoms with E-state index >= 15 is 0 Å². The van der Waals surface area contributed by atoms with E-state index in [0.29, 0.717) is 42.5 Å². The van der Waals surface area contributed by atoms with Gasteiger partial charge in [-0.1, -0.05) is 32.6 Å². The smallest absolute Gasteiger partial charge is 0.255 e. The molecular weight excluding hydrogens is 404 g/mol. The fourth-order valence-electron chi connectivity index (χ4n) is 4.10. The van der Waals surface area contributed by atoms with Gasteiger partial charge >= 0.3 is 0 Å². The second-order valence-corrected chi connectivity index (χ2v) is 8.68. The van der Waals surface area contributed by atoms with Gasteiger partial charge in [0.2, 0.25) is 5.91 Å². The van der Waals surface area contributed by atoms with Gasteiger partial charge in [-0.2, -0.15) is 0 Å². The quantitative estimate of drug-likeness (QED) is 0.676. The first-order valence-corrected chi connectivity index (χ1v) is 11.1. The number of hydrogen-bond donors (Lipinski definition) is 0. The average Bonchev–Trinajstić information content (AvgIpc) is 3.01. The summed E-state index contributed by atoms with van der Waals surface area (Å²) in [4.78, 5) is 35.5. The summed E-state index contributed by atoms with van der Waals surface area (Å²) in [7, 11) is 0. The lowest BCUT2D eigenvalue weighted by molar-refractivity contribution is -0.130. The van der Waals surface area contributed by atoms with Gasteiger partial charge in [-0.25, -0.2) is 4.98 Å². The zero-order chi connectivity index (χ0) is 22.8. The highest BCUT2D eigenvalue weighted by Gasteiger charge is 2.27. The second-order valence-electron chi connectivity index (χ2n) is 8.68. The lowest BCUT2D eigenvalue weighted by atomic mass is 10.1. The summed E-state index contributed by atoms with van der Waals surface area (Å²) >= 11 is 0. The number of rotatable bonds is 3. The number of allylic oxidation sites excluding steroid dienone is 2. The lowest BCUT2D eigenvalue weighted by Gasteiger charge is -2.34. The number of likely N-dealkylation sites (tertiary alicyclic amines) is 1. The number of nitrogens with zero attached hydrogens (tertiary/aromatic N) is 4. The molecule has 2 amide bonds. The Morgan fingerprint density at radius 2 is 1.97 bits per heavy atom. The number of carbonyl (C=O) groups is 2. The van der Waals surface area contributed by atoms with Crippen LogP contribution in [0.25, 0.3) is 0 Å². The van der Waals surface area contributed by atoms with Gasteiger partial charge in [0.1, 0.15) is 6.61 Å². The van der Waals surface area contributed by atoms with Crippen LogP contribution in [0.15, 0.2) is 60.7 Å². The highest BCUT2D eigenvalue weighted by atomic mass is 16.5. The van der Waals surface area contributed by atoms with E-state index in [2.05, 4.69) is 18.1 Å². The minimum Gasteiger partial charge on any atom is -0.488 e. The normalized spacial score (nSPS) is 18.8. The van der Waals surface area contributed by atoms with E-state index < -0.39 is 0 Å². The third kappa shape index (κ3) is 4.33. The first-order chi connectivity index (χ1) is 15.3. The van der Waals surface area contributed by atoms with Crippen LogP contribution in [0, 0.1) is 5.92 Å². The van der Waals surface area contributed by atoms with Crippen molar-refractivity contribution in [1.82, 2.24) is 14.8 Å². The molecule has 0 unspecified atom stereocenters. The van der Waals surface area contributed by atoms with Crippen molar-refractivity contribution in [2.45, 2.75) is 33.1 Å². The van der Waals surface area contributed by atoms with Crippen LogP contribution in [0.2, 0.25) is 0 Å². The maximum Gasteiger partial charge on any atom is 0.255 e. The van der Waals surface area contributed by atoms with Crippen molar-refractivity contribution < 1.29 is 14.3 Å². The van der Waals surface area contributed by atoms with Crippen LogP contribution in [-0.2, 0) is 4.79 Å². The minimum atomic E-state index is -0.115. The molecule has 0 aromatic carbocycles. The Morgan fingerprint density at radius 3 is 2.72 bits per heavy atom. The molecule has 1 aromatic heterocycles. The summed E-state index contributed by atoms with van der Waals surface area (Å²) in [6, 6.07) is 1.78. The molecule has 4 rings (SSSR count). The van der Waals surface area contributed by atoms with E-state index in [4.69, 9.17) is 4.74 Å². The fourth-order valence-corrected chi connectivity index (χ4v) is 4.10. The standard InChI is InChI=1S/C25H30N4O3/c1-17(2)24(30)28-11-8-21(14-19(28)4)29-12-13-32-22-15-20(16-26-23(22)29)25(31)27-9-5-6-18(3)7-10-27/h8,11,14-17H,3-7,9-10,12-13H2,1-2H3. The van der Waals surface area contributed by atoms with Gasteiger partial charge in [-0.05, 0) is 37.5 Å². The molecule has 3 aliphatic heterocycles. The second kappa shape index (κ2) is 9.02. The molecule has 32 heavy (non-hydrogen) atoms. The Morgan fingerprint density at radius 1 is 1.16 bits per heavy atom. The van der Waals surface area contributed by atoms with Crippen molar-refractivity contribution in [2.24, 2.45) is 5.92 Å². The van der Waals surface area contributed by atoms with Gasteiger partial charge in [-0.15, -0.1) is 0 Å². The Balaban J connectivity index is 1.54. The Bertz CT molecular complexity index is 1020. The molecule has 7 nitrogen and oxygen atoms in total. The van der Waals surface area contributed by atoms with E-state index in [1.165, 1.54) is 5.57 Å². The number of aromatic nitrogens is 1. The van der Waals surface area contributed by atoms with E-state index in [1.54, 1.807) is 23.4 Å². The van der Waals surface area contributed by atoms with E-state index in [9.17, 15) is 9.59 Å². The molecular formula is C25H30N4O3. The molecule has 7 heteroatoms. The molecule has 1 fully saturated rings. The Hall–Kier alpha value is -3.35. The van der Waals surface area contributed by atoms with Gasteiger partial charge in [0.05, 0.1) is 12.1 Å². The molecule has 3 aliphatic rings. The largest absolute Gasteiger partial charge is 0.488 e. The van der Waals surface area contributed by atoms with Gasteiger partial charge < -0.3 is 14.5 Å². The zero-order valence-corrected chi connectivity index (χ0v) is 18.8. The number of pyridine rings is 1. The van der Waals surface area contributed by atoms with E-state index in [-0.39, 0.29) is 17.7 Å². The maximum absolute atomic E-state index is 13.0. The van der Waals surface area contributed by atoms with E-state index in [0.717, 1.165) is 31.5 Å². The van der Waals surface area contributed by atoms with E-state index in [1.807, 2.05) is 35.8 Å². The number of carbonyl (C=O) groups excluding carboxylic acids is 2. The maximum atomic E-state index is 13.0. The van der Waals surface area contributed by atoms with Crippen LogP contribution in [0.1, 0.15) is 43.5 Å². The third-order valence-corrected chi connectivity index (χ3v) is 5.95. The van der Waals surface area contributed by atoms with Crippen molar-refractivity contribution in [1.29, 1.82) is 0 Å². The average molecular weight is 435 g/mol. The first kappa shape index (κ1) is 21.9. The molecule has 0 spiro atoms. The van der Waals surface area contributed by atoms with Gasteiger partial charge in [0, 0.05) is 42.8 Å². The fraction of sp³-hybridized carbons (Fsp3) is 0.400. The Kier molecular flexibility index (Phi) is 6.17. The summed E-state index contributed by atoms with van der Waals surface area (Å²) < 4.78 is 5.85. The van der Waals surface area contributed by atoms with Crippen LogP contribution < -0.4 is 9.64 Å². The molecule has 0 saturated carbocycles. The van der Waals surface area contributed by atoms with Crippen LogP contribution in [0.3, 0.4) is 0 Å². The topological polar surface area (TPSA) is 66.0 Å². The highest BCUT2D eigenvalue weighted by molar-refractivity contribution is 5.95. The van der Waals surface area contributed by atoms with Crippen molar-refractivity contribution in [2.75, 3.05) is 31.1 Å². The summed E-state index contributed by atoms with van der Waals surface area (Å²) in [5, 5.41) is 0. The number of hydrogen-bond acceptors (Lipinski definition) is 5. The summed E-state index contributed by atoms with van der Waals surface area (Å²) in [5.41, 5.74) is 3.23. The van der Waals surface area contributed by atoms with Crippen molar-refractivity contribution in [3.05, 3.63) is 66.3 Å². The van der Waals surface area contributed by atoms with Crippen molar-refractivity contribution in [3.63, 3.8) is 0 Å². The molecule has 0 radical (unpaired) electrons. The minimum absolute atomic E-state index is 0.00212. The van der Waals surface area contributed by atoms with Crippen LogP contribution in [-0.4, -0.2) is 52.8 Å². The molecule has 1 aromatic rings. The monoisotopic (exact) mass is 434 g/mol.